The monoisotopic (exact) mass is 351 g/mol. The molecule has 0 aliphatic rings. The van der Waals surface area contributed by atoms with Crippen molar-refractivity contribution in [1.29, 1.82) is 0 Å². The van der Waals surface area contributed by atoms with Crippen molar-refractivity contribution in [2.24, 2.45) is 0 Å². The van der Waals surface area contributed by atoms with Gasteiger partial charge in [0.05, 0.1) is 0 Å². The maximum Gasteiger partial charge on any atom is 0.189 e. The van der Waals surface area contributed by atoms with Gasteiger partial charge in [0.1, 0.15) is 0 Å². The van der Waals surface area contributed by atoms with E-state index in [9.17, 15) is 0 Å². The minimum atomic E-state index is -0.250. The van der Waals surface area contributed by atoms with Crippen molar-refractivity contribution in [3.8, 4) is 0 Å². The number of hydrogen-bond acceptors (Lipinski definition) is 0. The third-order valence-electron chi connectivity index (χ3n) is 0. The van der Waals surface area contributed by atoms with Crippen molar-refractivity contribution in [1.82, 2.24) is 0 Å². The van der Waals surface area contributed by atoms with Gasteiger partial charge in [-0.25, -0.2) is 0 Å². The van der Waals surface area contributed by atoms with Gasteiger partial charge in [-0.2, -0.15) is 0 Å². The SMILES string of the molecule is BrC(Br)(Br)Br.[Na]. The zero-order chi connectivity index (χ0) is 4.50. The molecule has 0 rings (SSSR count). The molecule has 33 valence electrons. The molecule has 0 fully saturated rings. The third kappa shape index (κ3) is 28.4. The van der Waals surface area contributed by atoms with E-state index < -0.39 is 0 Å². The number of alkyl halides is 4. The second-order valence-electron chi connectivity index (χ2n) is 0.429. The van der Waals surface area contributed by atoms with E-state index in [-0.39, 0.29) is 30.6 Å². The zero-order valence-electron chi connectivity index (χ0n) is 3.01. The molecule has 1 radical (unpaired) electrons. The summed E-state index contributed by atoms with van der Waals surface area (Å²) in [5, 5.41) is 0. The van der Waals surface area contributed by atoms with E-state index in [1.165, 1.54) is 0 Å². The first-order valence-electron chi connectivity index (χ1n) is 0.756. The molecule has 0 aromatic rings. The third-order valence-corrected chi connectivity index (χ3v) is 0. The molecule has 0 unspecified atom stereocenters. The van der Waals surface area contributed by atoms with Gasteiger partial charge >= 0.3 is 0 Å². The van der Waals surface area contributed by atoms with Crippen LogP contribution in [-0.2, 0) is 0 Å². The molecule has 0 spiro atoms. The summed E-state index contributed by atoms with van der Waals surface area (Å²) in [6.07, 6.45) is 0. The van der Waals surface area contributed by atoms with E-state index in [0.717, 1.165) is 0 Å². The Labute approximate surface area is 92.6 Å². The Morgan fingerprint density at radius 2 is 0.833 bits per heavy atom. The van der Waals surface area contributed by atoms with Crippen LogP contribution in [0.4, 0.5) is 0 Å². The Balaban J connectivity index is 0. The van der Waals surface area contributed by atoms with Crippen LogP contribution in [0.2, 0.25) is 0 Å². The first kappa shape index (κ1) is 11.7. The minimum Gasteiger partial charge on any atom is -0.0471 e. The van der Waals surface area contributed by atoms with Gasteiger partial charge in [-0.3, -0.25) is 0 Å². The topological polar surface area (TPSA) is 0 Å². The standard InChI is InChI=1S/CBr4.Na/c2-1(3,4)5;. The molecule has 0 saturated heterocycles. The normalized spacial score (nSPS) is 10.0. The zero-order valence-corrected chi connectivity index (χ0v) is 11.4. The van der Waals surface area contributed by atoms with E-state index in [4.69, 9.17) is 0 Å². The van der Waals surface area contributed by atoms with Gasteiger partial charge in [0.2, 0.25) is 0 Å². The summed E-state index contributed by atoms with van der Waals surface area (Å²) in [6, 6.07) is 0. The Morgan fingerprint density at radius 3 is 0.833 bits per heavy atom. The van der Waals surface area contributed by atoms with Gasteiger partial charge in [-0.15, -0.1) is 0 Å². The smallest absolute Gasteiger partial charge is 0.0471 e. The van der Waals surface area contributed by atoms with Gasteiger partial charge in [0.15, 0.2) is 1.05 Å². The first-order chi connectivity index (χ1) is 2.00. The van der Waals surface area contributed by atoms with Crippen molar-refractivity contribution >= 4 is 93.3 Å². The van der Waals surface area contributed by atoms with E-state index in [1.807, 2.05) is 0 Å². The molecule has 0 heterocycles. The van der Waals surface area contributed by atoms with Gasteiger partial charge in [0.25, 0.3) is 0 Å². The van der Waals surface area contributed by atoms with Gasteiger partial charge in [-0.05, 0) is 63.7 Å². The van der Waals surface area contributed by atoms with Crippen LogP contribution in [0.5, 0.6) is 0 Å². The van der Waals surface area contributed by atoms with Crippen molar-refractivity contribution in [3.63, 3.8) is 0 Å². The van der Waals surface area contributed by atoms with Crippen molar-refractivity contribution in [2.75, 3.05) is 0 Å². The van der Waals surface area contributed by atoms with Crippen LogP contribution in [0.3, 0.4) is 0 Å². The van der Waals surface area contributed by atoms with Crippen molar-refractivity contribution in [2.45, 2.75) is 1.05 Å². The predicted molar refractivity (Wildman–Crippen MR) is 44.2 cm³/mol. The van der Waals surface area contributed by atoms with E-state index >= 15 is 0 Å². The summed E-state index contributed by atoms with van der Waals surface area (Å²) >= 11 is 12.5. The number of halogens is 4. The Hall–Kier alpha value is 2.92. The molecular formula is CBr4Na. The summed E-state index contributed by atoms with van der Waals surface area (Å²) in [7, 11) is 0. The average molecular weight is 355 g/mol. The molecule has 5 heteroatoms. The van der Waals surface area contributed by atoms with Crippen LogP contribution >= 0.6 is 63.7 Å². The Kier molecular flexibility index (Phi) is 9.28. The summed E-state index contributed by atoms with van der Waals surface area (Å²) in [6.45, 7) is 0. The van der Waals surface area contributed by atoms with E-state index in [2.05, 4.69) is 63.7 Å². The molecule has 0 nitrogen and oxygen atoms in total. The molecule has 0 N–H and O–H groups in total. The average Bonchev–Trinajstić information content (AvgIpc) is 0.722. The first-order valence-corrected chi connectivity index (χ1v) is 3.93. The number of hydrogen-bond donors (Lipinski definition) is 0. The largest absolute Gasteiger partial charge is 0.189 e. The van der Waals surface area contributed by atoms with Crippen LogP contribution in [0, 0.1) is 0 Å². The van der Waals surface area contributed by atoms with Crippen LogP contribution in [-0.4, -0.2) is 30.6 Å². The second-order valence-corrected chi connectivity index (χ2v) is 11.6. The summed E-state index contributed by atoms with van der Waals surface area (Å²) in [5.41, 5.74) is 0. The molecule has 0 aliphatic carbocycles. The molecule has 6 heavy (non-hydrogen) atoms. The molecule has 0 amide bonds. The fourth-order valence-corrected chi connectivity index (χ4v) is 0. The molecule has 0 aromatic heterocycles. The Bertz CT molecular complexity index is 23.0. The maximum absolute atomic E-state index is 3.12. The molecule has 0 bridgehead atoms. The van der Waals surface area contributed by atoms with Crippen LogP contribution < -0.4 is 0 Å². The van der Waals surface area contributed by atoms with E-state index in [1.54, 1.807) is 0 Å². The van der Waals surface area contributed by atoms with Crippen LogP contribution in [0.1, 0.15) is 0 Å². The predicted octanol–water partition coefficient (Wildman–Crippen LogP) is 2.80. The number of rotatable bonds is 0. The minimum absolute atomic E-state index is 0. The summed E-state index contributed by atoms with van der Waals surface area (Å²) in [4.78, 5) is 0. The van der Waals surface area contributed by atoms with Gasteiger partial charge in [-0.1, -0.05) is 0 Å². The fourth-order valence-electron chi connectivity index (χ4n) is 0. The van der Waals surface area contributed by atoms with Crippen LogP contribution in [0.15, 0.2) is 0 Å². The van der Waals surface area contributed by atoms with Gasteiger partial charge < -0.3 is 0 Å². The second kappa shape index (κ2) is 4.77. The van der Waals surface area contributed by atoms with Crippen molar-refractivity contribution in [3.05, 3.63) is 0 Å². The Morgan fingerprint density at radius 1 is 0.833 bits per heavy atom. The fraction of sp³-hybridized carbons (Fsp3) is 1.00. The van der Waals surface area contributed by atoms with E-state index in [0.29, 0.717) is 0 Å². The molecular weight excluding hydrogens is 355 g/mol. The molecule has 0 aromatic carbocycles. The van der Waals surface area contributed by atoms with Crippen LogP contribution in [0.25, 0.3) is 0 Å². The summed E-state index contributed by atoms with van der Waals surface area (Å²) < 4.78 is -0.250. The molecule has 0 aliphatic heterocycles. The van der Waals surface area contributed by atoms with Crippen molar-refractivity contribution < 1.29 is 0 Å². The molecule has 0 saturated carbocycles. The maximum atomic E-state index is 3.12. The van der Waals surface area contributed by atoms with Gasteiger partial charge in [0, 0.05) is 29.6 Å². The quantitative estimate of drug-likeness (QED) is 0.463. The molecule has 0 atom stereocenters. The summed E-state index contributed by atoms with van der Waals surface area (Å²) in [5.74, 6) is 0.